The van der Waals surface area contributed by atoms with E-state index in [-0.39, 0.29) is 5.16 Å². The zero-order chi connectivity index (χ0) is 18.1. The molecule has 0 aliphatic carbocycles. The lowest BCUT2D eigenvalue weighted by Crippen LogP contribution is -2.16. The molecule has 0 bridgehead atoms. The minimum Gasteiger partial charge on any atom is -0.495 e. The summed E-state index contributed by atoms with van der Waals surface area (Å²) in [6, 6.07) is 2.64. The second-order valence-electron chi connectivity index (χ2n) is 4.41. The fourth-order valence-corrected chi connectivity index (χ4v) is 2.43. The number of benzene rings is 1. The molecule has 0 aliphatic rings. The number of hydrogen-bond donors (Lipinski definition) is 1. The average molecular weight is 359 g/mol. The second kappa shape index (κ2) is 6.52. The highest BCUT2D eigenvalue weighted by Crippen LogP contribution is 2.43. The Bertz CT molecular complexity index is 887. The number of alkyl halides is 3. The first kappa shape index (κ1) is 17.8. The van der Waals surface area contributed by atoms with Gasteiger partial charge in [-0.25, -0.2) is 9.37 Å². The number of methoxy groups -OCH3 is 1. The highest BCUT2D eigenvalue weighted by atomic mass is 32.2. The fourth-order valence-electron chi connectivity index (χ4n) is 2.05. The molecule has 0 radical (unpaired) electrons. The van der Waals surface area contributed by atoms with Crippen molar-refractivity contribution >= 4 is 11.8 Å². The molecular weight excluding hydrogens is 350 g/mol. The molecular formula is C14H9F4N3O2S. The average Bonchev–Trinajstić information content (AvgIpc) is 2.52. The number of thioether (sulfide) groups is 1. The lowest BCUT2D eigenvalue weighted by Gasteiger charge is -2.16. The van der Waals surface area contributed by atoms with Crippen LogP contribution in [0.2, 0.25) is 0 Å². The Hall–Kier alpha value is -2.54. The van der Waals surface area contributed by atoms with Crippen LogP contribution in [0.15, 0.2) is 22.1 Å². The Morgan fingerprint density at radius 2 is 2.04 bits per heavy atom. The van der Waals surface area contributed by atoms with Gasteiger partial charge in [0.2, 0.25) is 0 Å². The van der Waals surface area contributed by atoms with E-state index in [2.05, 4.69) is 9.97 Å². The van der Waals surface area contributed by atoms with E-state index in [1.54, 1.807) is 6.26 Å². The molecule has 1 N–H and O–H groups in total. The minimum absolute atomic E-state index is 0.0212. The zero-order valence-electron chi connectivity index (χ0n) is 12.3. The Kier molecular flexibility index (Phi) is 4.84. The molecule has 1 aromatic carbocycles. The summed E-state index contributed by atoms with van der Waals surface area (Å²) in [5.41, 5.74) is -3.93. The summed E-state index contributed by atoms with van der Waals surface area (Å²) in [4.78, 5) is 18.1. The number of nitrogens with zero attached hydrogens (tertiary/aromatic N) is 2. The van der Waals surface area contributed by atoms with Gasteiger partial charge in [0.15, 0.2) is 5.16 Å². The lowest BCUT2D eigenvalue weighted by atomic mass is 10.0. The maximum atomic E-state index is 14.3. The van der Waals surface area contributed by atoms with Gasteiger partial charge in [-0.05, 0) is 18.4 Å². The van der Waals surface area contributed by atoms with Crippen LogP contribution in [0.4, 0.5) is 17.6 Å². The fraction of sp³-hybridized carbons (Fsp3) is 0.214. The molecule has 0 unspecified atom stereocenters. The molecule has 1 aromatic heterocycles. The highest BCUT2D eigenvalue weighted by molar-refractivity contribution is 7.98. The first-order chi connectivity index (χ1) is 11.2. The molecule has 0 aliphatic heterocycles. The summed E-state index contributed by atoms with van der Waals surface area (Å²) in [5, 5.41) is 9.13. The van der Waals surface area contributed by atoms with Crippen LogP contribution in [0, 0.1) is 17.1 Å². The van der Waals surface area contributed by atoms with Crippen molar-refractivity contribution in [3.8, 4) is 23.1 Å². The Morgan fingerprint density at radius 3 is 2.54 bits per heavy atom. The van der Waals surface area contributed by atoms with Crippen LogP contribution < -0.4 is 10.3 Å². The molecule has 2 aromatic rings. The van der Waals surface area contributed by atoms with E-state index in [4.69, 9.17) is 10.00 Å². The number of aromatic amines is 1. The van der Waals surface area contributed by atoms with E-state index >= 15 is 0 Å². The van der Waals surface area contributed by atoms with Crippen LogP contribution in [0.25, 0.3) is 11.3 Å². The Labute approximate surface area is 137 Å². The second-order valence-corrected chi connectivity index (χ2v) is 5.21. The Morgan fingerprint density at radius 1 is 1.38 bits per heavy atom. The third-order valence-electron chi connectivity index (χ3n) is 3.06. The van der Waals surface area contributed by atoms with Crippen molar-refractivity contribution in [1.29, 1.82) is 5.26 Å². The SMILES string of the molecule is COc1c(C(F)(F)F)ccc(F)c1-c1nc(SC)[nH]c(=O)c1C#N. The van der Waals surface area contributed by atoms with Gasteiger partial charge in [-0.1, -0.05) is 11.8 Å². The summed E-state index contributed by atoms with van der Waals surface area (Å²) in [7, 11) is 0.933. The first-order valence-electron chi connectivity index (χ1n) is 6.27. The van der Waals surface area contributed by atoms with Crippen LogP contribution in [-0.4, -0.2) is 23.3 Å². The van der Waals surface area contributed by atoms with Crippen LogP contribution in [0.1, 0.15) is 11.1 Å². The topological polar surface area (TPSA) is 78.8 Å². The van der Waals surface area contributed by atoms with Gasteiger partial charge in [0.1, 0.15) is 28.9 Å². The molecule has 0 atom stereocenters. The summed E-state index contributed by atoms with van der Waals surface area (Å²) >= 11 is 0.978. The number of nitriles is 1. The summed E-state index contributed by atoms with van der Waals surface area (Å²) in [6.45, 7) is 0. The molecule has 0 saturated carbocycles. The van der Waals surface area contributed by atoms with Crippen molar-refractivity contribution in [2.24, 2.45) is 0 Å². The predicted octanol–water partition coefficient (Wildman–Crippen LogP) is 3.20. The number of ether oxygens (including phenoxy) is 1. The lowest BCUT2D eigenvalue weighted by molar-refractivity contribution is -0.138. The minimum atomic E-state index is -4.82. The van der Waals surface area contributed by atoms with Crippen molar-refractivity contribution in [2.45, 2.75) is 11.3 Å². The Balaban J connectivity index is 2.95. The van der Waals surface area contributed by atoms with E-state index < -0.39 is 45.7 Å². The van der Waals surface area contributed by atoms with Gasteiger partial charge in [-0.3, -0.25) is 4.79 Å². The molecule has 0 saturated heterocycles. The number of nitrogens with one attached hydrogen (secondary N) is 1. The van der Waals surface area contributed by atoms with E-state index in [9.17, 15) is 22.4 Å². The number of rotatable bonds is 3. The predicted molar refractivity (Wildman–Crippen MR) is 78.3 cm³/mol. The van der Waals surface area contributed by atoms with Gasteiger partial charge in [-0.2, -0.15) is 18.4 Å². The van der Waals surface area contributed by atoms with E-state index in [0.29, 0.717) is 12.1 Å². The van der Waals surface area contributed by atoms with Crippen LogP contribution >= 0.6 is 11.8 Å². The quantitative estimate of drug-likeness (QED) is 0.517. The number of H-pyrrole nitrogens is 1. The van der Waals surface area contributed by atoms with Gasteiger partial charge in [-0.15, -0.1) is 0 Å². The summed E-state index contributed by atoms with van der Waals surface area (Å²) < 4.78 is 58.3. The number of hydrogen-bond acceptors (Lipinski definition) is 5. The van der Waals surface area contributed by atoms with Crippen molar-refractivity contribution in [3.05, 3.63) is 39.4 Å². The van der Waals surface area contributed by atoms with E-state index in [1.165, 1.54) is 6.07 Å². The van der Waals surface area contributed by atoms with Crippen molar-refractivity contribution in [3.63, 3.8) is 0 Å². The number of halogens is 4. The zero-order valence-corrected chi connectivity index (χ0v) is 13.1. The molecule has 10 heteroatoms. The molecule has 1 heterocycles. The maximum Gasteiger partial charge on any atom is 0.419 e. The molecule has 0 fully saturated rings. The first-order valence-corrected chi connectivity index (χ1v) is 7.49. The van der Waals surface area contributed by atoms with Crippen molar-refractivity contribution in [2.75, 3.05) is 13.4 Å². The van der Waals surface area contributed by atoms with Gasteiger partial charge in [0, 0.05) is 0 Å². The third kappa shape index (κ3) is 3.07. The van der Waals surface area contributed by atoms with Crippen molar-refractivity contribution < 1.29 is 22.3 Å². The van der Waals surface area contributed by atoms with Gasteiger partial charge < -0.3 is 9.72 Å². The molecule has 24 heavy (non-hydrogen) atoms. The standard InChI is InChI=1S/C14H9F4N3O2S/c1-23-11-7(14(16,17)18)3-4-8(15)9(11)10-6(5-19)12(22)21-13(20-10)24-2/h3-4H,1-2H3,(H,20,21,22). The molecule has 0 spiro atoms. The molecule has 5 nitrogen and oxygen atoms in total. The van der Waals surface area contributed by atoms with Crippen molar-refractivity contribution in [1.82, 2.24) is 9.97 Å². The third-order valence-corrected chi connectivity index (χ3v) is 3.64. The summed E-state index contributed by atoms with van der Waals surface area (Å²) in [5.74, 6) is -1.94. The van der Waals surface area contributed by atoms with Crippen LogP contribution in [0.3, 0.4) is 0 Å². The highest BCUT2D eigenvalue weighted by Gasteiger charge is 2.37. The normalized spacial score (nSPS) is 11.2. The molecule has 2 rings (SSSR count). The van der Waals surface area contributed by atoms with Gasteiger partial charge >= 0.3 is 6.18 Å². The number of aromatic nitrogens is 2. The molecule has 126 valence electrons. The largest absolute Gasteiger partial charge is 0.495 e. The van der Waals surface area contributed by atoms with Crippen LogP contribution in [0.5, 0.6) is 5.75 Å². The van der Waals surface area contributed by atoms with Gasteiger partial charge in [0.05, 0.1) is 18.2 Å². The summed E-state index contributed by atoms with van der Waals surface area (Å²) in [6.07, 6.45) is -3.27. The van der Waals surface area contributed by atoms with Gasteiger partial charge in [0.25, 0.3) is 5.56 Å². The molecule has 0 amide bonds. The van der Waals surface area contributed by atoms with E-state index in [1.807, 2.05) is 0 Å². The van der Waals surface area contributed by atoms with Crippen LogP contribution in [-0.2, 0) is 6.18 Å². The van der Waals surface area contributed by atoms with E-state index in [0.717, 1.165) is 18.9 Å². The maximum absolute atomic E-state index is 14.3. The monoisotopic (exact) mass is 359 g/mol. The smallest absolute Gasteiger partial charge is 0.419 e.